The summed E-state index contributed by atoms with van der Waals surface area (Å²) in [5.41, 5.74) is 3.96. The van der Waals surface area contributed by atoms with Gasteiger partial charge in [0.25, 0.3) is 17.8 Å². The van der Waals surface area contributed by atoms with Crippen LogP contribution in [-0.4, -0.2) is 71.7 Å². The molecule has 2 aromatic heterocycles. The number of imide groups is 2. The van der Waals surface area contributed by atoms with E-state index in [2.05, 4.69) is 68.9 Å². The van der Waals surface area contributed by atoms with Crippen molar-refractivity contribution >= 4 is 29.3 Å². The maximum Gasteiger partial charge on any atom is 0.269 e. The molecule has 2 fully saturated rings. The number of hydrogen-bond donors (Lipinski definition) is 2. The van der Waals surface area contributed by atoms with Gasteiger partial charge in [0.1, 0.15) is 30.3 Å². The molecule has 3 aromatic carbocycles. The summed E-state index contributed by atoms with van der Waals surface area (Å²) in [4.78, 5) is 61.1. The van der Waals surface area contributed by atoms with Crippen molar-refractivity contribution in [2.24, 2.45) is 0 Å². The van der Waals surface area contributed by atoms with Crippen LogP contribution in [0.3, 0.4) is 0 Å². The van der Waals surface area contributed by atoms with Crippen molar-refractivity contribution in [3.63, 3.8) is 0 Å². The number of benzene rings is 3. The van der Waals surface area contributed by atoms with E-state index in [4.69, 9.17) is 9.47 Å². The molecular weight excluding hydrogens is 676 g/mol. The summed E-state index contributed by atoms with van der Waals surface area (Å²) in [6.45, 7) is 4.64. The molecule has 1 atom stereocenters. The maximum atomic E-state index is 13.2. The van der Waals surface area contributed by atoms with Gasteiger partial charge in [0.05, 0.1) is 29.2 Å². The van der Waals surface area contributed by atoms with Crippen LogP contribution in [0.5, 0.6) is 11.5 Å². The predicted molar refractivity (Wildman–Crippen MR) is 190 cm³/mol. The quantitative estimate of drug-likeness (QED) is 0.186. The highest BCUT2D eigenvalue weighted by Gasteiger charge is 2.45. The fourth-order valence-electron chi connectivity index (χ4n) is 6.89. The minimum atomic E-state index is -0.988. The number of rotatable bonds is 11. The summed E-state index contributed by atoms with van der Waals surface area (Å²) in [5.74, 6) is -0.160. The number of fused-ring (bicyclic) bond motifs is 1. The van der Waals surface area contributed by atoms with E-state index in [0.29, 0.717) is 17.3 Å². The van der Waals surface area contributed by atoms with E-state index in [0.717, 1.165) is 40.4 Å². The molecule has 4 amide bonds. The number of piperidine rings is 1. The molecule has 0 spiro atoms. The van der Waals surface area contributed by atoms with Crippen LogP contribution in [0, 0.1) is 0 Å². The Morgan fingerprint density at radius 3 is 2.21 bits per heavy atom. The van der Waals surface area contributed by atoms with Gasteiger partial charge >= 0.3 is 0 Å². The van der Waals surface area contributed by atoms with E-state index in [1.807, 2.05) is 24.3 Å². The van der Waals surface area contributed by atoms with Gasteiger partial charge in [-0.15, -0.1) is 4.80 Å². The minimum Gasteiger partial charge on any atom is -0.490 e. The summed E-state index contributed by atoms with van der Waals surface area (Å²) in [5, 5.41) is 13.8. The van der Waals surface area contributed by atoms with Crippen molar-refractivity contribution in [2.75, 3.05) is 5.32 Å². The fraction of sp³-hybridized carbons (Fsp3) is 0.282. The Labute approximate surface area is 304 Å². The second kappa shape index (κ2) is 13.6. The largest absolute Gasteiger partial charge is 0.490 e. The minimum absolute atomic E-state index is 0.0377. The molecule has 1 unspecified atom stereocenters. The lowest BCUT2D eigenvalue weighted by atomic mass is 9.78. The SMILES string of the molecule is CC(C)(c1ccc(OCc2ccnc(-n3nccn3)n2)cc1)c1ccc(OC2CC(Nc3ccc4c(c3)C(=O)N(C3CCC(=O)NC3=O)C4=O)C2)cc1. The first kappa shape index (κ1) is 33.7. The van der Waals surface area contributed by atoms with Gasteiger partial charge in [-0.1, -0.05) is 38.1 Å². The average molecular weight is 713 g/mol. The molecule has 268 valence electrons. The topological polar surface area (TPSA) is 171 Å². The first-order valence-electron chi connectivity index (χ1n) is 17.4. The van der Waals surface area contributed by atoms with Crippen LogP contribution in [0.1, 0.15) is 77.1 Å². The molecular formula is C39H36N8O6. The zero-order valence-electron chi connectivity index (χ0n) is 29.1. The zero-order valence-corrected chi connectivity index (χ0v) is 29.1. The third-order valence-corrected chi connectivity index (χ3v) is 10.0. The van der Waals surface area contributed by atoms with Crippen LogP contribution in [-0.2, 0) is 21.6 Å². The molecule has 8 rings (SSSR count). The second-order valence-corrected chi connectivity index (χ2v) is 13.9. The predicted octanol–water partition coefficient (Wildman–Crippen LogP) is 4.39. The van der Waals surface area contributed by atoms with Crippen molar-refractivity contribution in [1.29, 1.82) is 0 Å². The van der Waals surface area contributed by atoms with Gasteiger partial charge in [-0.3, -0.25) is 29.4 Å². The molecule has 0 radical (unpaired) electrons. The summed E-state index contributed by atoms with van der Waals surface area (Å²) in [6.07, 6.45) is 6.58. The first-order valence-corrected chi connectivity index (χ1v) is 17.4. The smallest absolute Gasteiger partial charge is 0.269 e. The number of ether oxygens (including phenoxy) is 2. The Bertz CT molecular complexity index is 2200. The summed E-state index contributed by atoms with van der Waals surface area (Å²) in [6, 6.07) is 22.2. The molecule has 2 N–H and O–H groups in total. The van der Waals surface area contributed by atoms with Crippen LogP contribution in [0.25, 0.3) is 5.95 Å². The number of carbonyl (C=O) groups excluding carboxylic acids is 4. The summed E-state index contributed by atoms with van der Waals surface area (Å²) in [7, 11) is 0. The molecule has 2 aliphatic heterocycles. The van der Waals surface area contributed by atoms with Gasteiger partial charge < -0.3 is 14.8 Å². The lowest BCUT2D eigenvalue weighted by Gasteiger charge is -2.36. The Balaban J connectivity index is 0.823. The van der Waals surface area contributed by atoms with Crippen LogP contribution in [0.2, 0.25) is 0 Å². The van der Waals surface area contributed by atoms with E-state index < -0.39 is 29.7 Å². The average Bonchev–Trinajstić information content (AvgIpc) is 3.77. The van der Waals surface area contributed by atoms with Gasteiger partial charge in [0, 0.05) is 42.6 Å². The zero-order chi connectivity index (χ0) is 36.7. The van der Waals surface area contributed by atoms with Crippen molar-refractivity contribution in [1.82, 2.24) is 35.2 Å². The molecule has 1 aliphatic carbocycles. The van der Waals surface area contributed by atoms with E-state index in [1.165, 1.54) is 4.80 Å². The third kappa shape index (κ3) is 6.70. The number of nitrogens with one attached hydrogen (secondary N) is 2. The number of hydrogen-bond acceptors (Lipinski definition) is 11. The monoisotopic (exact) mass is 712 g/mol. The Hall–Kier alpha value is -6.44. The van der Waals surface area contributed by atoms with Gasteiger partial charge in [0.2, 0.25) is 11.8 Å². The van der Waals surface area contributed by atoms with Crippen LogP contribution >= 0.6 is 0 Å². The van der Waals surface area contributed by atoms with E-state index in [1.54, 1.807) is 42.9 Å². The molecule has 14 nitrogen and oxygen atoms in total. The Kier molecular flexibility index (Phi) is 8.64. The molecule has 1 saturated carbocycles. The van der Waals surface area contributed by atoms with Gasteiger partial charge in [-0.25, -0.2) is 9.97 Å². The number of carbonyl (C=O) groups is 4. The van der Waals surface area contributed by atoms with E-state index in [9.17, 15) is 19.2 Å². The Morgan fingerprint density at radius 2 is 1.51 bits per heavy atom. The Morgan fingerprint density at radius 1 is 0.830 bits per heavy atom. The van der Waals surface area contributed by atoms with Crippen molar-refractivity contribution < 1.29 is 28.7 Å². The molecule has 5 aromatic rings. The molecule has 3 aliphatic rings. The van der Waals surface area contributed by atoms with E-state index >= 15 is 0 Å². The molecule has 0 bridgehead atoms. The van der Waals surface area contributed by atoms with Gasteiger partial charge in [-0.2, -0.15) is 10.2 Å². The molecule has 1 saturated heterocycles. The molecule has 4 heterocycles. The lowest BCUT2D eigenvalue weighted by molar-refractivity contribution is -0.136. The standard InChI is InChI=1S/C39H36N8O6/c1-39(2,23-3-8-28(9-4-23)52-22-26-15-16-40-38(44-26)47-41-17-18-42-47)24-5-10-29(11-6-24)53-30-19-27(20-30)43-25-7-12-31-32(21-25)37(51)46(36(31)50)33-13-14-34(48)45-35(33)49/h3-12,15-18,21,27,30,33,43H,13-14,19-20,22H2,1-2H3,(H,45,48,49). The van der Waals surface area contributed by atoms with Gasteiger partial charge in [0.15, 0.2) is 0 Å². The van der Waals surface area contributed by atoms with Crippen LogP contribution in [0.4, 0.5) is 5.69 Å². The summed E-state index contributed by atoms with van der Waals surface area (Å²) < 4.78 is 12.3. The fourth-order valence-corrected chi connectivity index (χ4v) is 6.89. The van der Waals surface area contributed by atoms with E-state index in [-0.39, 0.29) is 48.1 Å². The number of amides is 4. The van der Waals surface area contributed by atoms with Crippen LogP contribution in [0.15, 0.2) is 91.4 Å². The van der Waals surface area contributed by atoms with Crippen LogP contribution < -0.4 is 20.1 Å². The first-order chi connectivity index (χ1) is 25.6. The maximum absolute atomic E-state index is 13.2. The van der Waals surface area contributed by atoms with Crippen molar-refractivity contribution in [3.05, 3.63) is 119 Å². The second-order valence-electron chi connectivity index (χ2n) is 13.9. The molecule has 53 heavy (non-hydrogen) atoms. The van der Waals surface area contributed by atoms with Gasteiger partial charge in [-0.05, 0) is 66.1 Å². The van der Waals surface area contributed by atoms with Crippen molar-refractivity contribution in [3.8, 4) is 17.4 Å². The number of anilines is 1. The van der Waals surface area contributed by atoms with Crippen molar-refractivity contribution in [2.45, 2.75) is 69.7 Å². The third-order valence-electron chi connectivity index (χ3n) is 10.0. The molecule has 14 heteroatoms. The highest BCUT2D eigenvalue weighted by Crippen LogP contribution is 2.36. The highest BCUT2D eigenvalue weighted by molar-refractivity contribution is 6.23. The normalized spacial score (nSPS) is 19.7. The summed E-state index contributed by atoms with van der Waals surface area (Å²) >= 11 is 0. The lowest BCUT2D eigenvalue weighted by Crippen LogP contribution is -2.54. The number of aromatic nitrogens is 5. The highest BCUT2D eigenvalue weighted by atomic mass is 16.5. The number of nitrogens with zero attached hydrogens (tertiary/aromatic N) is 6.